The molecule has 0 aromatic heterocycles. The standard InChI is InChI=1S/C4H26O9Si9/c1-4(2,3)22-12-20-10-18-8-16-6-14-5-15-7-17-9-19-11-21-13-22/h22H,14-21H2,1-3H3. The van der Waals surface area contributed by atoms with E-state index in [2.05, 4.69) is 20.8 Å². The van der Waals surface area contributed by atoms with Gasteiger partial charge in [-0.25, -0.2) is 0 Å². The summed E-state index contributed by atoms with van der Waals surface area (Å²) in [6, 6.07) is 0. The molecule has 1 aliphatic heterocycles. The molecule has 1 fully saturated rings. The lowest BCUT2D eigenvalue weighted by molar-refractivity contribution is 0.322. The summed E-state index contributed by atoms with van der Waals surface area (Å²) in [5, 5.41) is 0.0304. The van der Waals surface area contributed by atoms with Crippen LogP contribution < -0.4 is 0 Å². The van der Waals surface area contributed by atoms with Crippen LogP contribution in [0.2, 0.25) is 5.04 Å². The average Bonchev–Trinajstić information content (AvgIpc) is 2.46. The van der Waals surface area contributed by atoms with Crippen LogP contribution in [0.5, 0.6) is 0 Å². The van der Waals surface area contributed by atoms with Gasteiger partial charge in [0.2, 0.25) is 0 Å². The van der Waals surface area contributed by atoms with Crippen molar-refractivity contribution in [1.82, 2.24) is 0 Å². The Morgan fingerprint density at radius 1 is 0.500 bits per heavy atom. The Labute approximate surface area is 152 Å². The maximum Gasteiger partial charge on any atom is 0.308 e. The van der Waals surface area contributed by atoms with E-state index in [1.165, 1.54) is 0 Å². The van der Waals surface area contributed by atoms with Crippen molar-refractivity contribution in [1.29, 1.82) is 0 Å². The summed E-state index contributed by atoms with van der Waals surface area (Å²) in [7, 11) is -9.50. The van der Waals surface area contributed by atoms with Gasteiger partial charge in [0, 0.05) is 5.04 Å². The summed E-state index contributed by atoms with van der Waals surface area (Å²) in [6.07, 6.45) is 0. The molecule has 1 saturated heterocycles. The third kappa shape index (κ3) is 12.0. The van der Waals surface area contributed by atoms with E-state index in [1.807, 2.05) is 0 Å². The van der Waals surface area contributed by atoms with E-state index in [4.69, 9.17) is 37.0 Å². The zero-order chi connectivity index (χ0) is 16.1. The topological polar surface area (TPSA) is 83.1 Å². The molecule has 0 radical (unpaired) electrons. The fourth-order valence-electron chi connectivity index (χ4n) is 1.36. The first-order valence-electron chi connectivity index (χ1n) is 6.88. The summed E-state index contributed by atoms with van der Waals surface area (Å²) in [6.45, 7) is 6.41. The van der Waals surface area contributed by atoms with Crippen molar-refractivity contribution in [2.45, 2.75) is 25.8 Å². The first kappa shape index (κ1) is 21.6. The van der Waals surface area contributed by atoms with Gasteiger partial charge in [-0.05, 0) is 0 Å². The third-order valence-electron chi connectivity index (χ3n) is 2.31. The highest BCUT2D eigenvalue weighted by Gasteiger charge is 2.29. The number of hydrogen-bond donors (Lipinski definition) is 0. The third-order valence-corrected chi connectivity index (χ3v) is 16.6. The largest absolute Gasteiger partial charge is 0.425 e. The lowest BCUT2D eigenvalue weighted by atomic mass is 10.3. The molecule has 18 heteroatoms. The van der Waals surface area contributed by atoms with Gasteiger partial charge in [-0.15, -0.1) is 0 Å². The highest BCUT2D eigenvalue weighted by molar-refractivity contribution is 6.61. The molecule has 9 nitrogen and oxygen atoms in total. The van der Waals surface area contributed by atoms with Gasteiger partial charge in [0.1, 0.15) is 0 Å². The quantitative estimate of drug-likeness (QED) is 0.321. The zero-order valence-corrected chi connectivity index (χ0v) is 25.9. The van der Waals surface area contributed by atoms with Gasteiger partial charge in [-0.1, -0.05) is 20.8 Å². The second-order valence-corrected chi connectivity index (χ2v) is 23.8. The molecule has 1 rings (SSSR count). The highest BCUT2D eigenvalue weighted by Crippen LogP contribution is 2.27. The van der Waals surface area contributed by atoms with Crippen LogP contribution in [0.15, 0.2) is 0 Å². The Balaban J connectivity index is 2.30. The summed E-state index contributed by atoms with van der Waals surface area (Å²) < 4.78 is 50.1. The van der Waals surface area contributed by atoms with Gasteiger partial charge in [-0.2, -0.15) is 0 Å². The predicted octanol–water partition coefficient (Wildman–Crippen LogP) is -6.84. The Hall–Kier alpha value is 1.59. The molecule has 0 amide bonds. The van der Waals surface area contributed by atoms with Crippen LogP contribution >= 0.6 is 0 Å². The van der Waals surface area contributed by atoms with Crippen molar-refractivity contribution >= 4 is 89.3 Å². The molecule has 0 bridgehead atoms. The molecule has 0 aliphatic carbocycles. The van der Waals surface area contributed by atoms with Crippen molar-refractivity contribution in [3.05, 3.63) is 0 Å². The fourth-order valence-corrected chi connectivity index (χ4v) is 21.2. The van der Waals surface area contributed by atoms with Crippen LogP contribution in [-0.4, -0.2) is 89.3 Å². The average molecular weight is 471 g/mol. The van der Waals surface area contributed by atoms with Crippen molar-refractivity contribution in [2.24, 2.45) is 0 Å². The lowest BCUT2D eigenvalue weighted by Crippen LogP contribution is -2.37. The van der Waals surface area contributed by atoms with Gasteiger partial charge >= 0.3 is 9.28 Å². The summed E-state index contributed by atoms with van der Waals surface area (Å²) in [5.74, 6) is 0. The van der Waals surface area contributed by atoms with Crippen molar-refractivity contribution in [2.75, 3.05) is 0 Å². The smallest absolute Gasteiger partial charge is 0.308 e. The van der Waals surface area contributed by atoms with Gasteiger partial charge in [-0.3, -0.25) is 0 Å². The minimum absolute atomic E-state index is 0.0304. The SMILES string of the molecule is CC(C)(C)[SiH]1O[SiH2]O[SiH2]O[SiH2]O[SiH2]O[SiH2]O[SiH2]O[SiH2]O[SiH2]O1. The van der Waals surface area contributed by atoms with Crippen LogP contribution in [0.25, 0.3) is 0 Å². The van der Waals surface area contributed by atoms with Crippen molar-refractivity contribution in [3.63, 3.8) is 0 Å². The van der Waals surface area contributed by atoms with Crippen LogP contribution in [0, 0.1) is 0 Å². The maximum atomic E-state index is 5.92. The van der Waals surface area contributed by atoms with E-state index in [0.717, 1.165) is 0 Å². The molecular weight excluding hydrogens is 445 g/mol. The van der Waals surface area contributed by atoms with E-state index in [9.17, 15) is 0 Å². The fraction of sp³-hybridized carbons (Fsp3) is 1.00. The van der Waals surface area contributed by atoms with Crippen molar-refractivity contribution < 1.29 is 37.0 Å². The first-order valence-corrected chi connectivity index (χ1v) is 17.6. The minimum Gasteiger partial charge on any atom is -0.425 e. The van der Waals surface area contributed by atoms with E-state index in [0.29, 0.717) is 0 Å². The molecule has 1 heterocycles. The van der Waals surface area contributed by atoms with E-state index in [1.54, 1.807) is 0 Å². The molecule has 0 unspecified atom stereocenters. The highest BCUT2D eigenvalue weighted by atomic mass is 28.4. The Bertz CT molecular complexity index is 250. The summed E-state index contributed by atoms with van der Waals surface area (Å²) >= 11 is 0. The molecule has 1 aliphatic rings. The van der Waals surface area contributed by atoms with E-state index in [-0.39, 0.29) is 5.04 Å². The molecular formula is C4H26O9Si9. The van der Waals surface area contributed by atoms with Crippen LogP contribution in [0.1, 0.15) is 20.8 Å². The van der Waals surface area contributed by atoms with Gasteiger partial charge in [0.05, 0.1) is 0 Å². The Morgan fingerprint density at radius 2 is 0.773 bits per heavy atom. The summed E-state index contributed by atoms with van der Waals surface area (Å²) in [4.78, 5) is 0. The van der Waals surface area contributed by atoms with E-state index < -0.39 is 89.3 Å². The number of hydrogen-bond acceptors (Lipinski definition) is 9. The molecule has 0 N–H and O–H groups in total. The second-order valence-electron chi connectivity index (χ2n) is 5.40. The zero-order valence-electron chi connectivity index (χ0n) is 13.4. The van der Waals surface area contributed by atoms with Crippen LogP contribution in [0.4, 0.5) is 0 Å². The minimum atomic E-state index is -1.77. The van der Waals surface area contributed by atoms with Gasteiger partial charge < -0.3 is 37.0 Å². The van der Waals surface area contributed by atoms with Crippen molar-refractivity contribution in [3.8, 4) is 0 Å². The molecule has 0 saturated carbocycles. The summed E-state index contributed by atoms with van der Waals surface area (Å²) in [5.41, 5.74) is 0. The molecule has 0 spiro atoms. The second kappa shape index (κ2) is 13.8. The van der Waals surface area contributed by atoms with Gasteiger partial charge in [0.25, 0.3) is 80.1 Å². The Morgan fingerprint density at radius 3 is 1.05 bits per heavy atom. The maximum absolute atomic E-state index is 5.92. The van der Waals surface area contributed by atoms with E-state index >= 15 is 0 Å². The number of rotatable bonds is 0. The predicted molar refractivity (Wildman–Crippen MR) is 105 cm³/mol. The van der Waals surface area contributed by atoms with Crippen LogP contribution in [-0.2, 0) is 37.0 Å². The first-order chi connectivity index (χ1) is 10.6. The van der Waals surface area contributed by atoms with Gasteiger partial charge in [0.15, 0.2) is 0 Å². The lowest BCUT2D eigenvalue weighted by Gasteiger charge is -2.28. The van der Waals surface area contributed by atoms with Crippen LogP contribution in [0.3, 0.4) is 0 Å². The normalized spacial score (nSPS) is 34.8. The molecule has 132 valence electrons. The molecule has 0 atom stereocenters. The molecule has 22 heavy (non-hydrogen) atoms. The molecule has 0 aromatic carbocycles. The molecule has 0 aromatic rings. The monoisotopic (exact) mass is 470 g/mol. The Kier molecular flexibility index (Phi) is 13.6.